The molecule has 2 aliphatic rings. The molecule has 0 radical (unpaired) electrons. The van der Waals surface area contributed by atoms with E-state index in [-0.39, 0.29) is 29.6 Å². The van der Waals surface area contributed by atoms with E-state index in [1.54, 1.807) is 6.20 Å². The van der Waals surface area contributed by atoms with Crippen molar-refractivity contribution in [1.82, 2.24) is 25.1 Å². The van der Waals surface area contributed by atoms with E-state index in [9.17, 15) is 14.4 Å². The molecule has 48 heavy (non-hydrogen) atoms. The number of nitrogens with zero attached hydrogens (tertiary/aromatic N) is 3. The summed E-state index contributed by atoms with van der Waals surface area (Å²) < 4.78 is 0. The summed E-state index contributed by atoms with van der Waals surface area (Å²) in [4.78, 5) is 54.3. The van der Waals surface area contributed by atoms with Crippen LogP contribution in [-0.2, 0) is 22.4 Å². The SMILES string of the molecule is CN(C)CC1Cc2cc(Cl)ccc2N(C(=O)[C@@H](Cc2c[nH]c3ccccc23)NC(=O)C2CCN(C(=O)c3c[nH]c4ccccc34)CC2)C1. The van der Waals surface area contributed by atoms with Crippen molar-refractivity contribution in [2.45, 2.75) is 31.7 Å². The van der Waals surface area contributed by atoms with Crippen LogP contribution in [0, 0.1) is 11.8 Å². The number of halogens is 1. The predicted octanol–water partition coefficient (Wildman–Crippen LogP) is 5.65. The molecular weight excluding hydrogens is 624 g/mol. The Hall–Kier alpha value is -4.60. The highest BCUT2D eigenvalue weighted by atomic mass is 35.5. The molecule has 7 rings (SSSR count). The summed E-state index contributed by atoms with van der Waals surface area (Å²) in [5.74, 6) is -0.393. The number of aromatic nitrogens is 2. The maximum absolute atomic E-state index is 14.6. The van der Waals surface area contributed by atoms with Gasteiger partial charge in [0.25, 0.3) is 5.91 Å². The Kier molecular flexibility index (Phi) is 8.98. The zero-order valence-corrected chi connectivity index (χ0v) is 28.1. The molecule has 248 valence electrons. The lowest BCUT2D eigenvalue weighted by Crippen LogP contribution is -2.54. The first-order valence-corrected chi connectivity index (χ1v) is 17.1. The van der Waals surface area contributed by atoms with Crippen LogP contribution in [0.1, 0.15) is 34.3 Å². The Bertz CT molecular complexity index is 1970. The molecule has 3 N–H and O–H groups in total. The number of anilines is 1. The van der Waals surface area contributed by atoms with Gasteiger partial charge >= 0.3 is 0 Å². The normalized spacial score (nSPS) is 17.5. The Morgan fingerprint density at radius 3 is 2.38 bits per heavy atom. The van der Waals surface area contributed by atoms with E-state index in [1.165, 1.54) is 0 Å². The number of nitrogens with one attached hydrogen (secondary N) is 3. The van der Waals surface area contributed by atoms with Crippen LogP contribution in [0.4, 0.5) is 5.69 Å². The minimum absolute atomic E-state index is 0.0326. The molecule has 2 aliphatic heterocycles. The van der Waals surface area contributed by atoms with Crippen LogP contribution in [0.2, 0.25) is 5.02 Å². The van der Waals surface area contributed by atoms with Crippen LogP contribution >= 0.6 is 11.6 Å². The molecule has 1 unspecified atom stereocenters. The van der Waals surface area contributed by atoms with Gasteiger partial charge in [-0.25, -0.2) is 0 Å². The fourth-order valence-corrected chi connectivity index (χ4v) is 7.72. The highest BCUT2D eigenvalue weighted by Gasteiger charge is 2.36. The smallest absolute Gasteiger partial charge is 0.256 e. The fraction of sp³-hybridized carbons (Fsp3) is 0.342. The summed E-state index contributed by atoms with van der Waals surface area (Å²) in [7, 11) is 4.08. The van der Waals surface area contributed by atoms with Crippen LogP contribution in [0.15, 0.2) is 79.1 Å². The van der Waals surface area contributed by atoms with Crippen LogP contribution in [0.5, 0.6) is 0 Å². The van der Waals surface area contributed by atoms with Gasteiger partial charge in [-0.2, -0.15) is 0 Å². The molecule has 2 aromatic heterocycles. The summed E-state index contributed by atoms with van der Waals surface area (Å²) in [5.41, 5.74) is 5.42. The zero-order valence-electron chi connectivity index (χ0n) is 27.3. The Balaban J connectivity index is 1.11. The van der Waals surface area contributed by atoms with Crippen molar-refractivity contribution in [2.24, 2.45) is 11.8 Å². The van der Waals surface area contributed by atoms with Gasteiger partial charge in [-0.3, -0.25) is 14.4 Å². The number of aromatic amines is 2. The lowest BCUT2D eigenvalue weighted by molar-refractivity contribution is -0.131. The quantitative estimate of drug-likeness (QED) is 0.200. The molecule has 5 aromatic rings. The second-order valence-corrected chi connectivity index (χ2v) is 13.9. The number of hydrogen-bond acceptors (Lipinski definition) is 4. The van der Waals surface area contributed by atoms with E-state index < -0.39 is 6.04 Å². The van der Waals surface area contributed by atoms with Gasteiger partial charge in [0.15, 0.2) is 0 Å². The number of para-hydroxylation sites is 2. The number of hydrogen-bond donors (Lipinski definition) is 3. The highest BCUT2D eigenvalue weighted by Crippen LogP contribution is 2.33. The molecule has 0 spiro atoms. The van der Waals surface area contributed by atoms with Crippen molar-refractivity contribution >= 4 is 56.8 Å². The second-order valence-electron chi connectivity index (χ2n) is 13.5. The topological polar surface area (TPSA) is 105 Å². The van der Waals surface area contributed by atoms with Crippen LogP contribution in [0.3, 0.4) is 0 Å². The van der Waals surface area contributed by atoms with E-state index in [2.05, 4.69) is 20.2 Å². The maximum Gasteiger partial charge on any atom is 0.256 e. The van der Waals surface area contributed by atoms with Crippen molar-refractivity contribution < 1.29 is 14.4 Å². The lowest BCUT2D eigenvalue weighted by atomic mass is 9.90. The number of H-pyrrole nitrogens is 2. The minimum Gasteiger partial charge on any atom is -0.361 e. The molecule has 0 bridgehead atoms. The Morgan fingerprint density at radius 2 is 1.62 bits per heavy atom. The Labute approximate surface area is 285 Å². The van der Waals surface area contributed by atoms with E-state index >= 15 is 0 Å². The Morgan fingerprint density at radius 1 is 0.938 bits per heavy atom. The first kappa shape index (κ1) is 32.0. The first-order valence-electron chi connectivity index (χ1n) is 16.7. The number of benzene rings is 3. The lowest BCUT2D eigenvalue weighted by Gasteiger charge is -2.38. The summed E-state index contributed by atoms with van der Waals surface area (Å²) in [6, 6.07) is 20.7. The largest absolute Gasteiger partial charge is 0.361 e. The number of rotatable bonds is 8. The van der Waals surface area contributed by atoms with Gasteiger partial charge in [0.1, 0.15) is 6.04 Å². The minimum atomic E-state index is -0.774. The van der Waals surface area contributed by atoms with E-state index in [4.69, 9.17) is 11.6 Å². The van der Waals surface area contributed by atoms with Crippen LogP contribution in [0.25, 0.3) is 21.8 Å². The zero-order chi connectivity index (χ0) is 33.4. The number of likely N-dealkylation sites (tertiary alicyclic amines) is 1. The fourth-order valence-electron chi connectivity index (χ4n) is 7.52. The van der Waals surface area contributed by atoms with Crippen molar-refractivity contribution in [3.63, 3.8) is 0 Å². The van der Waals surface area contributed by atoms with Gasteiger partial charge in [0.2, 0.25) is 11.8 Å². The molecule has 10 heteroatoms. The van der Waals surface area contributed by atoms with Gasteiger partial charge in [0.05, 0.1) is 5.56 Å². The summed E-state index contributed by atoms with van der Waals surface area (Å²) >= 11 is 6.41. The number of fused-ring (bicyclic) bond motifs is 3. The van der Waals surface area contributed by atoms with Crippen LogP contribution < -0.4 is 10.2 Å². The van der Waals surface area contributed by atoms with Crippen molar-refractivity contribution in [3.8, 4) is 0 Å². The van der Waals surface area contributed by atoms with Crippen molar-refractivity contribution in [1.29, 1.82) is 0 Å². The number of carbonyl (C=O) groups excluding carboxylic acids is 3. The summed E-state index contributed by atoms with van der Waals surface area (Å²) in [6.45, 7) is 2.33. The van der Waals surface area contributed by atoms with Gasteiger partial charge in [0, 0.05) is 83.4 Å². The molecule has 2 atom stereocenters. The molecule has 3 aromatic carbocycles. The number of amides is 3. The highest BCUT2D eigenvalue weighted by molar-refractivity contribution is 6.30. The average Bonchev–Trinajstić information content (AvgIpc) is 3.71. The van der Waals surface area contributed by atoms with Gasteiger partial charge < -0.3 is 30.0 Å². The third-order valence-electron chi connectivity index (χ3n) is 9.86. The third-order valence-corrected chi connectivity index (χ3v) is 10.1. The third kappa shape index (κ3) is 6.44. The maximum atomic E-state index is 14.6. The number of piperidine rings is 1. The van der Waals surface area contributed by atoms with Crippen molar-refractivity contribution in [2.75, 3.05) is 45.2 Å². The van der Waals surface area contributed by atoms with E-state index in [0.29, 0.717) is 49.5 Å². The predicted molar refractivity (Wildman–Crippen MR) is 190 cm³/mol. The molecule has 9 nitrogen and oxygen atoms in total. The van der Waals surface area contributed by atoms with E-state index in [0.717, 1.165) is 51.6 Å². The molecule has 1 fully saturated rings. The first-order chi connectivity index (χ1) is 23.2. The second kappa shape index (κ2) is 13.5. The van der Waals surface area contributed by atoms with Gasteiger partial charge in [-0.05, 0) is 80.7 Å². The van der Waals surface area contributed by atoms with Gasteiger partial charge in [-0.15, -0.1) is 0 Å². The molecule has 3 amide bonds. The molecule has 0 saturated carbocycles. The van der Waals surface area contributed by atoms with E-state index in [1.807, 2.05) is 96.8 Å². The average molecular weight is 665 g/mol. The number of carbonyl (C=O) groups is 3. The van der Waals surface area contributed by atoms with Gasteiger partial charge in [-0.1, -0.05) is 48.0 Å². The molecule has 1 saturated heterocycles. The summed E-state index contributed by atoms with van der Waals surface area (Å²) in [6.07, 6.45) is 5.94. The van der Waals surface area contributed by atoms with Crippen LogP contribution in [-0.4, -0.2) is 83.8 Å². The molecule has 0 aliphatic carbocycles. The standard InChI is InChI=1S/C38H41ClN6O3/c1-43(2)22-24-17-26-18-28(39)11-12-35(26)45(23-24)38(48)34(19-27-20-40-32-9-5-3-7-29(27)32)42-36(46)25-13-15-44(16-14-25)37(47)31-21-41-33-10-6-4-8-30(31)33/h3-12,18,20-21,24-25,34,40-41H,13-17,19,22-23H2,1-2H3,(H,42,46)/t24?,34-/m1/s1. The van der Waals surface area contributed by atoms with Crippen molar-refractivity contribution in [3.05, 3.63) is 101 Å². The monoisotopic (exact) mass is 664 g/mol. The molecule has 4 heterocycles. The summed E-state index contributed by atoms with van der Waals surface area (Å²) in [5, 5.41) is 5.77. The molecular formula is C38H41ClN6O3.